The maximum atomic E-state index is 4.83. The van der Waals surface area contributed by atoms with Crippen LogP contribution in [-0.4, -0.2) is 11.4 Å². The molecule has 0 atom stereocenters. The maximum Gasteiger partial charge on any atom is 0.135 e. The van der Waals surface area contributed by atoms with Crippen LogP contribution in [0.3, 0.4) is 0 Å². The van der Waals surface area contributed by atoms with Crippen LogP contribution in [0.1, 0.15) is 39.5 Å². The second-order valence-corrected chi connectivity index (χ2v) is 5.45. The van der Waals surface area contributed by atoms with Crippen molar-refractivity contribution in [3.05, 3.63) is 60.7 Å². The standard InChI is InChI=1S/C22H24N2.Ni/c1-3-5-17-21(23-19-13-9-7-10-14-19)22(18-6-4-2)24-20-15-11-8-12-16-20;/h7-16H,3-5,17H2,1-2H3;/b23-21+,24-22+;. The van der Waals surface area contributed by atoms with Gasteiger partial charge in [0.15, 0.2) is 0 Å². The monoisotopic (exact) mass is 374 g/mol. The molecule has 3 heteroatoms. The van der Waals surface area contributed by atoms with Crippen molar-refractivity contribution in [2.75, 3.05) is 0 Å². The molecule has 0 saturated carbocycles. The molecule has 2 aromatic carbocycles. The number of unbranched alkanes of at least 4 members (excludes halogenated alkanes) is 1. The van der Waals surface area contributed by atoms with Gasteiger partial charge in [0.1, 0.15) is 5.71 Å². The summed E-state index contributed by atoms with van der Waals surface area (Å²) >= 11 is 0. The quantitative estimate of drug-likeness (QED) is 0.330. The minimum Gasteiger partial charge on any atom is -0.251 e. The predicted molar refractivity (Wildman–Crippen MR) is 105 cm³/mol. The van der Waals surface area contributed by atoms with Gasteiger partial charge < -0.3 is 0 Å². The molecule has 0 bridgehead atoms. The Bertz CT molecular complexity index is 738. The summed E-state index contributed by atoms with van der Waals surface area (Å²) in [4.78, 5) is 9.59. The molecular formula is C22H24N2Ni. The third-order valence-electron chi connectivity index (χ3n) is 3.44. The van der Waals surface area contributed by atoms with Gasteiger partial charge in [0.2, 0.25) is 0 Å². The van der Waals surface area contributed by atoms with E-state index >= 15 is 0 Å². The summed E-state index contributed by atoms with van der Waals surface area (Å²) in [6.45, 7) is 4.24. The predicted octanol–water partition coefficient (Wildman–Crippen LogP) is 6.13. The van der Waals surface area contributed by atoms with Crippen LogP contribution in [0, 0.1) is 11.8 Å². The summed E-state index contributed by atoms with van der Waals surface area (Å²) in [6.07, 6.45) is 3.89. The molecule has 25 heavy (non-hydrogen) atoms. The summed E-state index contributed by atoms with van der Waals surface area (Å²) in [5.41, 5.74) is 3.60. The van der Waals surface area contributed by atoms with E-state index in [0.717, 1.165) is 48.5 Å². The van der Waals surface area contributed by atoms with Crippen molar-refractivity contribution in [3.63, 3.8) is 0 Å². The molecule has 0 aromatic heterocycles. The van der Waals surface area contributed by atoms with Gasteiger partial charge in [-0.1, -0.05) is 62.6 Å². The topological polar surface area (TPSA) is 24.7 Å². The van der Waals surface area contributed by atoms with E-state index in [-0.39, 0.29) is 16.5 Å². The van der Waals surface area contributed by atoms with Crippen molar-refractivity contribution in [3.8, 4) is 11.8 Å². The Kier molecular flexibility index (Phi) is 10.2. The maximum absolute atomic E-state index is 4.83. The minimum atomic E-state index is 0. The van der Waals surface area contributed by atoms with E-state index in [0.29, 0.717) is 0 Å². The first-order valence-electron chi connectivity index (χ1n) is 8.59. The van der Waals surface area contributed by atoms with Crippen LogP contribution in [0.2, 0.25) is 0 Å². The first-order chi connectivity index (χ1) is 11.8. The fourth-order valence-corrected chi connectivity index (χ4v) is 2.20. The van der Waals surface area contributed by atoms with Crippen molar-refractivity contribution in [1.82, 2.24) is 0 Å². The Balaban J connectivity index is 0.00000312. The van der Waals surface area contributed by atoms with Crippen LogP contribution in [0.5, 0.6) is 0 Å². The molecule has 132 valence electrons. The van der Waals surface area contributed by atoms with Crippen LogP contribution < -0.4 is 0 Å². The molecule has 0 N–H and O–H groups in total. The zero-order valence-electron chi connectivity index (χ0n) is 14.8. The van der Waals surface area contributed by atoms with Gasteiger partial charge in [-0.15, -0.1) is 0 Å². The van der Waals surface area contributed by atoms with Gasteiger partial charge in [0, 0.05) is 22.9 Å². The minimum absolute atomic E-state index is 0. The summed E-state index contributed by atoms with van der Waals surface area (Å²) < 4.78 is 0. The number of rotatable bonds is 6. The van der Waals surface area contributed by atoms with Crippen molar-refractivity contribution in [2.24, 2.45) is 9.98 Å². The largest absolute Gasteiger partial charge is 0.251 e. The van der Waals surface area contributed by atoms with Gasteiger partial charge in [0.25, 0.3) is 0 Å². The second-order valence-electron chi connectivity index (χ2n) is 5.45. The van der Waals surface area contributed by atoms with Crippen LogP contribution in [0.15, 0.2) is 70.6 Å². The SMILES string of the molecule is CCC#CC(=N\c1ccccc1)/C(CCCC)=N/c1ccccc1.[Ni]. The number of benzene rings is 2. The Morgan fingerprint density at radius 2 is 1.40 bits per heavy atom. The molecule has 0 amide bonds. The van der Waals surface area contributed by atoms with E-state index in [1.165, 1.54) is 0 Å². The van der Waals surface area contributed by atoms with E-state index in [9.17, 15) is 0 Å². The summed E-state index contributed by atoms with van der Waals surface area (Å²) in [5, 5.41) is 0. The van der Waals surface area contributed by atoms with Gasteiger partial charge in [-0.2, -0.15) is 0 Å². The molecule has 0 aliphatic rings. The summed E-state index contributed by atoms with van der Waals surface area (Å²) in [7, 11) is 0. The molecular weight excluding hydrogens is 351 g/mol. The van der Waals surface area contributed by atoms with Crippen molar-refractivity contribution >= 4 is 22.8 Å². The number of aliphatic imine (C=N–C) groups is 2. The number of hydrogen-bond donors (Lipinski definition) is 0. The first-order valence-corrected chi connectivity index (χ1v) is 8.59. The first kappa shape index (κ1) is 20.9. The van der Waals surface area contributed by atoms with Gasteiger partial charge >= 0.3 is 0 Å². The number of hydrogen-bond acceptors (Lipinski definition) is 2. The molecule has 0 aliphatic heterocycles. The van der Waals surface area contributed by atoms with Gasteiger partial charge in [0.05, 0.1) is 17.1 Å². The number of nitrogens with zero attached hydrogens (tertiary/aromatic N) is 2. The Morgan fingerprint density at radius 1 is 0.840 bits per heavy atom. The van der Waals surface area contributed by atoms with Gasteiger partial charge in [-0.25, -0.2) is 4.99 Å². The molecule has 0 spiro atoms. The molecule has 0 aliphatic carbocycles. The third kappa shape index (κ3) is 7.50. The molecule has 0 fully saturated rings. The Morgan fingerprint density at radius 3 is 1.92 bits per heavy atom. The van der Waals surface area contributed by atoms with Crippen LogP contribution in [0.4, 0.5) is 11.4 Å². The molecule has 2 aromatic rings. The van der Waals surface area contributed by atoms with Crippen LogP contribution >= 0.6 is 0 Å². The number of para-hydroxylation sites is 2. The van der Waals surface area contributed by atoms with Gasteiger partial charge in [-0.3, -0.25) is 4.99 Å². The van der Waals surface area contributed by atoms with Gasteiger partial charge in [-0.05, 0) is 43.0 Å². The van der Waals surface area contributed by atoms with E-state index < -0.39 is 0 Å². The molecule has 0 radical (unpaired) electrons. The van der Waals surface area contributed by atoms with E-state index in [4.69, 9.17) is 9.98 Å². The summed E-state index contributed by atoms with van der Waals surface area (Å²) in [6, 6.07) is 20.0. The molecule has 2 nitrogen and oxygen atoms in total. The van der Waals surface area contributed by atoms with Crippen molar-refractivity contribution in [2.45, 2.75) is 39.5 Å². The second kappa shape index (κ2) is 12.2. The van der Waals surface area contributed by atoms with E-state index in [1.807, 2.05) is 67.6 Å². The molecule has 0 heterocycles. The van der Waals surface area contributed by atoms with E-state index in [1.54, 1.807) is 0 Å². The third-order valence-corrected chi connectivity index (χ3v) is 3.44. The van der Waals surface area contributed by atoms with Crippen molar-refractivity contribution < 1.29 is 16.5 Å². The normalized spacial score (nSPS) is 11.3. The zero-order valence-corrected chi connectivity index (χ0v) is 15.8. The van der Waals surface area contributed by atoms with Crippen LogP contribution in [0.25, 0.3) is 0 Å². The Hall–Kier alpha value is -2.17. The molecule has 0 unspecified atom stereocenters. The zero-order chi connectivity index (χ0) is 17.0. The summed E-state index contributed by atoms with van der Waals surface area (Å²) in [5.74, 6) is 6.37. The Labute approximate surface area is 161 Å². The average molecular weight is 375 g/mol. The van der Waals surface area contributed by atoms with Crippen molar-refractivity contribution in [1.29, 1.82) is 0 Å². The fourth-order valence-electron chi connectivity index (χ4n) is 2.20. The molecule has 0 saturated heterocycles. The van der Waals surface area contributed by atoms with E-state index in [2.05, 4.69) is 18.8 Å². The fraction of sp³-hybridized carbons (Fsp3) is 0.273. The molecule has 2 rings (SSSR count). The smallest absolute Gasteiger partial charge is 0.135 e. The average Bonchev–Trinajstić information content (AvgIpc) is 2.64. The van der Waals surface area contributed by atoms with Crippen LogP contribution in [-0.2, 0) is 16.5 Å².